The number of hydrogen-bond donors (Lipinski definition) is 1. The van der Waals surface area contributed by atoms with Crippen molar-refractivity contribution < 1.29 is 13.9 Å². The molecule has 136 valence electrons. The molecule has 0 aliphatic carbocycles. The number of ether oxygens (including phenoxy) is 1. The van der Waals surface area contributed by atoms with Crippen LogP contribution in [0.15, 0.2) is 56.5 Å². The van der Waals surface area contributed by atoms with Crippen LogP contribution in [0.5, 0.6) is 5.75 Å². The summed E-state index contributed by atoms with van der Waals surface area (Å²) < 4.78 is 11.2. The molecule has 0 unspecified atom stereocenters. The molecule has 4 rings (SSSR count). The Morgan fingerprint density at radius 3 is 2.89 bits per heavy atom. The van der Waals surface area contributed by atoms with Gasteiger partial charge in [0.1, 0.15) is 28.9 Å². The molecule has 0 atom stereocenters. The van der Waals surface area contributed by atoms with Gasteiger partial charge in [-0.05, 0) is 61.5 Å². The largest absolute Gasteiger partial charge is 0.487 e. The third-order valence-corrected chi connectivity index (χ3v) is 4.78. The van der Waals surface area contributed by atoms with E-state index in [4.69, 9.17) is 14.6 Å². The van der Waals surface area contributed by atoms with E-state index in [1.54, 1.807) is 12.1 Å². The van der Waals surface area contributed by atoms with E-state index >= 15 is 0 Å². The van der Waals surface area contributed by atoms with Crippen molar-refractivity contribution in [1.82, 2.24) is 5.01 Å². The zero-order valence-corrected chi connectivity index (χ0v) is 15.5. The highest BCUT2D eigenvalue weighted by molar-refractivity contribution is 8.27. The maximum absolute atomic E-state index is 12.3. The number of rotatable bonds is 4. The normalized spacial score (nSPS) is 17.9. The Kier molecular flexibility index (Phi) is 4.41. The van der Waals surface area contributed by atoms with Crippen molar-refractivity contribution in [2.75, 3.05) is 6.61 Å². The Hall–Kier alpha value is -3.13. The van der Waals surface area contributed by atoms with Gasteiger partial charge in [0.2, 0.25) is 5.17 Å². The molecule has 1 N–H and O–H groups in total. The molecule has 1 aromatic heterocycles. The highest BCUT2D eigenvalue weighted by Gasteiger charge is 2.35. The fourth-order valence-electron chi connectivity index (χ4n) is 2.61. The molecule has 0 saturated carbocycles. The zero-order valence-electron chi connectivity index (χ0n) is 14.7. The molecule has 2 aromatic rings. The molecule has 7 nitrogen and oxygen atoms in total. The smallest absolute Gasteiger partial charge is 0.283 e. The number of furan rings is 1. The summed E-state index contributed by atoms with van der Waals surface area (Å²) in [6, 6.07) is 11.3. The van der Waals surface area contributed by atoms with Crippen LogP contribution < -0.4 is 4.74 Å². The Morgan fingerprint density at radius 1 is 1.30 bits per heavy atom. The summed E-state index contributed by atoms with van der Waals surface area (Å²) in [6.07, 6.45) is 1.51. The molecule has 3 heterocycles. The lowest BCUT2D eigenvalue weighted by atomic mass is 10.1. The van der Waals surface area contributed by atoms with Crippen LogP contribution >= 0.6 is 11.8 Å². The first kappa shape index (κ1) is 17.3. The number of benzene rings is 1. The molecule has 1 aromatic carbocycles. The maximum Gasteiger partial charge on any atom is 0.283 e. The predicted octanol–water partition coefficient (Wildman–Crippen LogP) is 3.59. The maximum atomic E-state index is 12.3. The van der Waals surface area contributed by atoms with Gasteiger partial charge in [0.15, 0.2) is 5.84 Å². The summed E-state index contributed by atoms with van der Waals surface area (Å²) >= 11 is 1.23. The topological polar surface area (TPSA) is 91.2 Å². The van der Waals surface area contributed by atoms with E-state index in [1.807, 2.05) is 38.1 Å². The van der Waals surface area contributed by atoms with Gasteiger partial charge in [0, 0.05) is 0 Å². The minimum absolute atomic E-state index is 0.0305. The first-order valence-corrected chi connectivity index (χ1v) is 9.06. The van der Waals surface area contributed by atoms with Crippen LogP contribution in [0.25, 0.3) is 6.08 Å². The minimum atomic E-state index is -0.483. The molecule has 0 saturated heterocycles. The van der Waals surface area contributed by atoms with Crippen molar-refractivity contribution in [2.24, 2.45) is 10.1 Å². The van der Waals surface area contributed by atoms with Crippen LogP contribution in [0, 0.1) is 19.3 Å². The number of nitrogens with one attached hydrogen (secondary N) is 1. The lowest BCUT2D eigenvalue weighted by Gasteiger charge is -2.19. The third kappa shape index (κ3) is 3.56. The molecule has 27 heavy (non-hydrogen) atoms. The second kappa shape index (κ2) is 6.88. The van der Waals surface area contributed by atoms with Gasteiger partial charge in [-0.15, -0.1) is 0 Å². The monoisotopic (exact) mass is 380 g/mol. The summed E-state index contributed by atoms with van der Waals surface area (Å²) in [5.41, 5.74) is 1.24. The van der Waals surface area contributed by atoms with Gasteiger partial charge >= 0.3 is 0 Å². The average Bonchev–Trinajstić information content (AvgIpc) is 3.23. The number of hydrazone groups is 1. The van der Waals surface area contributed by atoms with Crippen molar-refractivity contribution in [2.45, 2.75) is 13.8 Å². The number of hydrogen-bond acceptors (Lipinski definition) is 6. The van der Waals surface area contributed by atoms with Crippen molar-refractivity contribution >= 4 is 39.8 Å². The van der Waals surface area contributed by atoms with Crippen molar-refractivity contribution in [3.8, 4) is 5.75 Å². The van der Waals surface area contributed by atoms with Gasteiger partial charge in [-0.2, -0.15) is 15.1 Å². The Morgan fingerprint density at radius 2 is 2.15 bits per heavy atom. The number of amides is 1. The van der Waals surface area contributed by atoms with Gasteiger partial charge in [-0.25, -0.2) is 0 Å². The first-order valence-electron chi connectivity index (χ1n) is 8.24. The molecular weight excluding hydrogens is 364 g/mol. The lowest BCUT2D eigenvalue weighted by molar-refractivity contribution is -0.114. The molecule has 0 spiro atoms. The van der Waals surface area contributed by atoms with E-state index in [0.717, 1.165) is 17.1 Å². The first-order chi connectivity index (χ1) is 13.0. The summed E-state index contributed by atoms with van der Waals surface area (Å²) in [7, 11) is 0. The fourth-order valence-corrected chi connectivity index (χ4v) is 3.41. The molecule has 0 bridgehead atoms. The Labute approximate surface area is 159 Å². The second-order valence-electron chi connectivity index (χ2n) is 6.07. The van der Waals surface area contributed by atoms with Gasteiger partial charge in [-0.1, -0.05) is 12.1 Å². The van der Waals surface area contributed by atoms with Gasteiger partial charge < -0.3 is 9.15 Å². The number of aliphatic imine (C=N–C) groups is 1. The number of aryl methyl sites for hydroxylation is 2. The van der Waals surface area contributed by atoms with E-state index < -0.39 is 5.91 Å². The molecular formula is C19H16N4O3S. The number of thioether (sulfide) groups is 1. The Bertz CT molecular complexity index is 1040. The summed E-state index contributed by atoms with van der Waals surface area (Å²) in [6.45, 7) is 4.04. The Balaban J connectivity index is 1.52. The number of carbonyl (C=O) groups excluding carboxylic acids is 1. The average molecular weight is 380 g/mol. The van der Waals surface area contributed by atoms with E-state index in [2.05, 4.69) is 10.1 Å². The summed E-state index contributed by atoms with van der Waals surface area (Å²) in [5, 5.41) is 15.0. The van der Waals surface area contributed by atoms with E-state index in [1.165, 1.54) is 22.8 Å². The van der Waals surface area contributed by atoms with Crippen LogP contribution in [0.1, 0.15) is 17.1 Å². The van der Waals surface area contributed by atoms with Crippen LogP contribution in [0.3, 0.4) is 0 Å². The summed E-state index contributed by atoms with van der Waals surface area (Å²) in [5.74, 6) is 1.45. The van der Waals surface area contributed by atoms with Crippen LogP contribution in [0.4, 0.5) is 0 Å². The number of fused-ring (bicyclic) bond motifs is 1. The molecule has 2 aliphatic rings. The predicted molar refractivity (Wildman–Crippen MR) is 105 cm³/mol. The minimum Gasteiger partial charge on any atom is -0.487 e. The quantitative estimate of drug-likeness (QED) is 0.819. The van der Waals surface area contributed by atoms with Gasteiger partial charge in [0.05, 0.1) is 5.57 Å². The third-order valence-electron chi connectivity index (χ3n) is 3.90. The highest BCUT2D eigenvalue weighted by atomic mass is 32.2. The van der Waals surface area contributed by atoms with Crippen LogP contribution in [0.2, 0.25) is 0 Å². The van der Waals surface area contributed by atoms with Crippen molar-refractivity contribution in [3.63, 3.8) is 0 Å². The fraction of sp³-hybridized carbons (Fsp3) is 0.158. The standard InChI is InChI=1S/C19H16N4O3S/c1-11-4-3-5-13(8-11)25-10-16-22-23-17(20)15(18(24)21-19(23)27-16)9-14-7-6-12(2)26-14/h3-9,20H,10H2,1-2H3/b15-9-,20-17?. The number of carbonyl (C=O) groups is 1. The molecule has 1 amide bonds. The molecule has 8 heteroatoms. The highest BCUT2D eigenvalue weighted by Crippen LogP contribution is 2.29. The molecule has 0 fully saturated rings. The summed E-state index contributed by atoms with van der Waals surface area (Å²) in [4.78, 5) is 16.4. The second-order valence-corrected chi connectivity index (χ2v) is 7.11. The van der Waals surface area contributed by atoms with E-state index in [0.29, 0.717) is 16.0 Å². The SMILES string of the molecule is Cc1cccc(OCC2=NN3C(=N)/C(=C/c4ccc(C)o4)C(=O)N=C3S2)c1. The number of nitrogens with zero attached hydrogens (tertiary/aromatic N) is 3. The zero-order chi connectivity index (χ0) is 19.0. The van der Waals surface area contributed by atoms with Gasteiger partial charge in [0.25, 0.3) is 5.91 Å². The lowest BCUT2D eigenvalue weighted by Crippen LogP contribution is -2.35. The van der Waals surface area contributed by atoms with Crippen LogP contribution in [-0.4, -0.2) is 33.6 Å². The van der Waals surface area contributed by atoms with Crippen LogP contribution in [-0.2, 0) is 4.79 Å². The van der Waals surface area contributed by atoms with E-state index in [-0.39, 0.29) is 18.0 Å². The number of amidine groups is 2. The van der Waals surface area contributed by atoms with E-state index in [9.17, 15) is 4.79 Å². The molecule has 0 radical (unpaired) electrons. The van der Waals surface area contributed by atoms with Crippen molar-refractivity contribution in [3.05, 3.63) is 59.1 Å². The van der Waals surface area contributed by atoms with Crippen molar-refractivity contribution in [1.29, 1.82) is 5.41 Å². The molecule has 2 aliphatic heterocycles. The van der Waals surface area contributed by atoms with Gasteiger partial charge in [-0.3, -0.25) is 10.2 Å².